The fourth-order valence-corrected chi connectivity index (χ4v) is 2.39. The van der Waals surface area contributed by atoms with Crippen molar-refractivity contribution in [2.45, 2.75) is 12.8 Å². The molecule has 19 heavy (non-hydrogen) atoms. The lowest BCUT2D eigenvalue weighted by Crippen LogP contribution is -2.20. The molecule has 0 radical (unpaired) electrons. The van der Waals surface area contributed by atoms with E-state index in [0.29, 0.717) is 5.75 Å². The lowest BCUT2D eigenvalue weighted by molar-refractivity contribution is -0.385. The van der Waals surface area contributed by atoms with Crippen LogP contribution in [0.15, 0.2) is 23.8 Å². The van der Waals surface area contributed by atoms with Gasteiger partial charge in [0.2, 0.25) is 0 Å². The lowest BCUT2D eigenvalue weighted by Gasteiger charge is -2.23. The average Bonchev–Trinajstić information content (AvgIpc) is 2.41. The van der Waals surface area contributed by atoms with Crippen molar-refractivity contribution in [1.82, 2.24) is 4.67 Å². The number of nitro benzene ring substituents is 1. The minimum absolute atomic E-state index is 0.0142. The topological polar surface area (TPSA) is 55.6 Å². The third-order valence-corrected chi connectivity index (χ3v) is 3.73. The van der Waals surface area contributed by atoms with Gasteiger partial charge in [0, 0.05) is 19.2 Å². The number of nitrogens with zero attached hydrogens (tertiary/aromatic N) is 2. The Balaban J connectivity index is 2.24. The van der Waals surface area contributed by atoms with Crippen LogP contribution in [0.1, 0.15) is 18.4 Å². The first kappa shape index (κ1) is 14.0. The van der Waals surface area contributed by atoms with E-state index in [1.807, 2.05) is 12.1 Å². The zero-order valence-corrected chi connectivity index (χ0v) is 12.0. The number of benzene rings is 1. The third-order valence-electron chi connectivity index (χ3n) is 3.21. The minimum atomic E-state index is -0.411. The fraction of sp³-hybridized carbons (Fsp3) is 0.385. The second-order valence-electron chi connectivity index (χ2n) is 4.53. The zero-order chi connectivity index (χ0) is 13.8. The van der Waals surface area contributed by atoms with Gasteiger partial charge >= 0.3 is 5.69 Å². The summed E-state index contributed by atoms with van der Waals surface area (Å²) in [7, 11) is 4.14. The van der Waals surface area contributed by atoms with Crippen LogP contribution in [0, 0.1) is 10.1 Å². The molecule has 0 spiro atoms. The van der Waals surface area contributed by atoms with Gasteiger partial charge in [-0.3, -0.25) is 14.8 Å². The molecular weight excluding hydrogens is 263 g/mol. The van der Waals surface area contributed by atoms with Gasteiger partial charge in [-0.05, 0) is 24.5 Å². The van der Waals surface area contributed by atoms with E-state index in [-0.39, 0.29) is 5.69 Å². The summed E-state index contributed by atoms with van der Waals surface area (Å²) in [6, 6.07) is 5.07. The number of hydrogen-bond donors (Lipinski definition) is 0. The molecule has 0 amide bonds. The number of piperidine rings is 1. The minimum Gasteiger partial charge on any atom is -0.490 e. The van der Waals surface area contributed by atoms with E-state index in [4.69, 9.17) is 4.74 Å². The molecule has 102 valence electrons. The van der Waals surface area contributed by atoms with Crippen molar-refractivity contribution in [3.8, 4) is 5.75 Å². The number of rotatable bonds is 3. The Morgan fingerprint density at radius 2 is 2.11 bits per heavy atom. The molecule has 1 unspecified atom stereocenters. The van der Waals surface area contributed by atoms with Crippen LogP contribution in [0.2, 0.25) is 0 Å². The smallest absolute Gasteiger partial charge is 0.311 e. The first-order valence-electron chi connectivity index (χ1n) is 6.11. The predicted octanol–water partition coefficient (Wildman–Crippen LogP) is 2.87. The summed E-state index contributed by atoms with van der Waals surface area (Å²) in [5.74, 6) is 0.298. The zero-order valence-electron chi connectivity index (χ0n) is 10.8. The first-order chi connectivity index (χ1) is 9.10. The quantitative estimate of drug-likeness (QED) is 0.485. The van der Waals surface area contributed by atoms with Crippen LogP contribution in [0.4, 0.5) is 5.69 Å². The van der Waals surface area contributed by atoms with Crippen LogP contribution in [-0.2, 0) is 0 Å². The summed E-state index contributed by atoms with van der Waals surface area (Å²) < 4.78 is 7.20. The van der Waals surface area contributed by atoms with Gasteiger partial charge < -0.3 is 4.74 Å². The molecule has 0 aromatic heterocycles. The van der Waals surface area contributed by atoms with Crippen molar-refractivity contribution in [3.63, 3.8) is 0 Å². The summed E-state index contributed by atoms with van der Waals surface area (Å²) in [5, 5.41) is 11.0. The molecule has 0 saturated carbocycles. The maximum atomic E-state index is 11.0. The number of hydrogen-bond acceptors (Lipinski definition) is 4. The molecular formula is C13H17N2O3P. The highest BCUT2D eigenvalue weighted by molar-refractivity contribution is 7.13. The predicted molar refractivity (Wildman–Crippen MR) is 78.1 cm³/mol. The van der Waals surface area contributed by atoms with Crippen LogP contribution in [0.5, 0.6) is 5.75 Å². The van der Waals surface area contributed by atoms with Crippen LogP contribution in [0.3, 0.4) is 0 Å². The maximum absolute atomic E-state index is 11.0. The molecule has 5 nitrogen and oxygen atoms in total. The normalized spacial score (nSPS) is 16.2. The van der Waals surface area contributed by atoms with Crippen molar-refractivity contribution in [2.75, 3.05) is 20.2 Å². The van der Waals surface area contributed by atoms with E-state index in [2.05, 4.69) is 14.1 Å². The molecule has 2 rings (SSSR count). The molecule has 1 aliphatic rings. The van der Waals surface area contributed by atoms with Gasteiger partial charge in [-0.25, -0.2) is 0 Å². The lowest BCUT2D eigenvalue weighted by atomic mass is 10.0. The summed E-state index contributed by atoms with van der Waals surface area (Å²) >= 11 is 0. The highest BCUT2D eigenvalue weighted by Crippen LogP contribution is 2.29. The monoisotopic (exact) mass is 280 g/mol. The Kier molecular flexibility index (Phi) is 4.51. The highest BCUT2D eigenvalue weighted by atomic mass is 31.0. The van der Waals surface area contributed by atoms with Crippen molar-refractivity contribution < 1.29 is 9.66 Å². The Morgan fingerprint density at radius 3 is 2.68 bits per heavy atom. The Hall–Kier alpha value is -1.45. The van der Waals surface area contributed by atoms with Crippen molar-refractivity contribution in [2.24, 2.45) is 0 Å². The van der Waals surface area contributed by atoms with Crippen LogP contribution < -0.4 is 4.74 Å². The summed E-state index contributed by atoms with van der Waals surface area (Å²) in [5.41, 5.74) is 2.21. The van der Waals surface area contributed by atoms with Gasteiger partial charge in [0.25, 0.3) is 0 Å². The Morgan fingerprint density at radius 1 is 1.42 bits per heavy atom. The van der Waals surface area contributed by atoms with Crippen LogP contribution >= 0.6 is 9.39 Å². The molecule has 1 aromatic carbocycles. The van der Waals surface area contributed by atoms with Crippen molar-refractivity contribution >= 4 is 21.2 Å². The number of nitro groups is 1. The third kappa shape index (κ3) is 3.52. The second-order valence-corrected chi connectivity index (χ2v) is 5.26. The van der Waals surface area contributed by atoms with Gasteiger partial charge in [0.15, 0.2) is 5.75 Å². The van der Waals surface area contributed by atoms with Gasteiger partial charge in [0.1, 0.15) is 0 Å². The molecule has 1 atom stereocenters. The molecule has 1 saturated heterocycles. The van der Waals surface area contributed by atoms with Crippen molar-refractivity contribution in [3.05, 3.63) is 39.4 Å². The van der Waals surface area contributed by atoms with E-state index in [0.717, 1.165) is 31.5 Å². The van der Waals surface area contributed by atoms with E-state index < -0.39 is 4.92 Å². The molecule has 1 aliphatic heterocycles. The molecule has 1 fully saturated rings. The summed E-state index contributed by atoms with van der Waals surface area (Å²) in [4.78, 5) is 10.6. The van der Waals surface area contributed by atoms with Crippen LogP contribution in [-0.4, -0.2) is 29.8 Å². The van der Waals surface area contributed by atoms with Gasteiger partial charge in [-0.15, -0.1) is 0 Å². The first-order valence-corrected chi connectivity index (χ1v) is 6.63. The molecule has 6 heteroatoms. The van der Waals surface area contributed by atoms with E-state index in [1.165, 1.54) is 12.7 Å². The SMILES string of the molecule is COc1ccc(C=C2CCN(P)CC2)cc1[N+](=O)[O-]. The summed E-state index contributed by atoms with van der Waals surface area (Å²) in [6.45, 7) is 2.02. The maximum Gasteiger partial charge on any atom is 0.311 e. The second kappa shape index (κ2) is 6.13. The van der Waals surface area contributed by atoms with Gasteiger partial charge in [-0.2, -0.15) is 0 Å². The van der Waals surface area contributed by atoms with E-state index in [9.17, 15) is 10.1 Å². The van der Waals surface area contributed by atoms with E-state index >= 15 is 0 Å². The van der Waals surface area contributed by atoms with E-state index in [1.54, 1.807) is 12.1 Å². The largest absolute Gasteiger partial charge is 0.490 e. The van der Waals surface area contributed by atoms with Gasteiger partial charge in [-0.1, -0.05) is 27.1 Å². The fourth-order valence-electron chi connectivity index (χ4n) is 2.13. The van der Waals surface area contributed by atoms with Gasteiger partial charge in [0.05, 0.1) is 12.0 Å². The molecule has 0 bridgehead atoms. The standard InChI is InChI=1S/C13H17N2O3P/c1-18-13-3-2-11(9-12(13)15(16)17)8-10-4-6-14(19)7-5-10/h2-3,8-9H,4-7,19H2,1H3. The molecule has 0 aliphatic carbocycles. The Bertz CT molecular complexity index is 507. The van der Waals surface area contributed by atoms with Crippen molar-refractivity contribution in [1.29, 1.82) is 0 Å². The van der Waals surface area contributed by atoms with Crippen LogP contribution in [0.25, 0.3) is 6.08 Å². The molecule has 1 heterocycles. The number of ether oxygens (including phenoxy) is 1. The summed E-state index contributed by atoms with van der Waals surface area (Å²) in [6.07, 6.45) is 4.05. The highest BCUT2D eigenvalue weighted by Gasteiger charge is 2.15. The number of methoxy groups -OCH3 is 1. The average molecular weight is 280 g/mol. The Labute approximate surface area is 114 Å². The molecule has 0 N–H and O–H groups in total. The molecule has 1 aromatic rings.